The summed E-state index contributed by atoms with van der Waals surface area (Å²) in [4.78, 5) is 20.8. The van der Waals surface area contributed by atoms with E-state index >= 15 is 0 Å². The van der Waals surface area contributed by atoms with Crippen molar-refractivity contribution in [1.29, 1.82) is 0 Å². The molecule has 0 fully saturated rings. The number of hydrogen-bond donors (Lipinski definition) is 2. The number of thioether (sulfide) groups is 1. The summed E-state index contributed by atoms with van der Waals surface area (Å²) >= 11 is 1.53. The van der Waals surface area contributed by atoms with E-state index in [1.165, 1.54) is 11.8 Å². The molecular formula is C18H16N6S. The number of anilines is 1. The van der Waals surface area contributed by atoms with Crippen molar-refractivity contribution in [3.05, 3.63) is 60.7 Å². The van der Waals surface area contributed by atoms with Crippen LogP contribution in [0.1, 0.15) is 5.56 Å². The number of aromatic amines is 1. The molecule has 0 spiro atoms. The van der Waals surface area contributed by atoms with Crippen molar-refractivity contribution < 1.29 is 0 Å². The van der Waals surface area contributed by atoms with Crippen molar-refractivity contribution in [2.75, 3.05) is 11.6 Å². The van der Waals surface area contributed by atoms with Crippen LogP contribution >= 0.6 is 11.8 Å². The van der Waals surface area contributed by atoms with Gasteiger partial charge in [-0.25, -0.2) is 15.0 Å². The number of nitrogens with one attached hydrogen (secondary N) is 2. The fraction of sp³-hybridized carbons (Fsp3) is 0.111. The highest BCUT2D eigenvalue weighted by atomic mass is 32.2. The summed E-state index contributed by atoms with van der Waals surface area (Å²) in [6, 6.07) is 9.92. The van der Waals surface area contributed by atoms with Crippen molar-refractivity contribution >= 4 is 28.6 Å². The Kier molecular flexibility index (Phi) is 4.30. The quantitative estimate of drug-likeness (QED) is 0.422. The molecule has 0 atom stereocenters. The topological polar surface area (TPSA) is 79.4 Å². The molecule has 0 aromatic carbocycles. The third-order valence-electron chi connectivity index (χ3n) is 3.82. The van der Waals surface area contributed by atoms with Crippen LogP contribution in [0.15, 0.2) is 60.3 Å². The Morgan fingerprint density at radius 2 is 2.12 bits per heavy atom. The summed E-state index contributed by atoms with van der Waals surface area (Å²) in [5.74, 6) is 0.790. The minimum atomic E-state index is 0.659. The molecule has 0 aliphatic carbocycles. The van der Waals surface area contributed by atoms with Gasteiger partial charge in [0.2, 0.25) is 0 Å². The van der Waals surface area contributed by atoms with E-state index in [1.54, 1.807) is 12.4 Å². The van der Waals surface area contributed by atoms with E-state index in [0.717, 1.165) is 38.8 Å². The van der Waals surface area contributed by atoms with Crippen molar-refractivity contribution in [3.63, 3.8) is 0 Å². The highest BCUT2D eigenvalue weighted by Crippen LogP contribution is 2.29. The van der Waals surface area contributed by atoms with E-state index in [4.69, 9.17) is 0 Å². The molecule has 0 saturated heterocycles. The summed E-state index contributed by atoms with van der Waals surface area (Å²) < 4.78 is 0. The number of pyridine rings is 2. The number of nitrogens with zero attached hydrogens (tertiary/aromatic N) is 4. The third-order valence-corrected chi connectivity index (χ3v) is 4.38. The lowest BCUT2D eigenvalue weighted by atomic mass is 10.1. The van der Waals surface area contributed by atoms with Gasteiger partial charge >= 0.3 is 0 Å². The first kappa shape index (κ1) is 15.6. The molecule has 2 N–H and O–H groups in total. The largest absolute Gasteiger partial charge is 0.366 e. The molecule has 4 heterocycles. The minimum Gasteiger partial charge on any atom is -0.366 e. The Balaban J connectivity index is 1.72. The van der Waals surface area contributed by atoms with Gasteiger partial charge in [-0.1, -0.05) is 17.8 Å². The van der Waals surface area contributed by atoms with E-state index in [-0.39, 0.29) is 0 Å². The first-order valence-corrected chi connectivity index (χ1v) is 9.04. The molecule has 0 unspecified atom stereocenters. The molecular weight excluding hydrogens is 332 g/mol. The van der Waals surface area contributed by atoms with Gasteiger partial charge in [0.15, 0.2) is 5.16 Å². The lowest BCUT2D eigenvalue weighted by Gasteiger charge is -2.09. The third kappa shape index (κ3) is 3.32. The van der Waals surface area contributed by atoms with Crippen LogP contribution in [0.3, 0.4) is 0 Å². The predicted molar refractivity (Wildman–Crippen MR) is 100 cm³/mol. The first-order chi connectivity index (χ1) is 12.3. The molecule has 0 saturated carbocycles. The summed E-state index contributed by atoms with van der Waals surface area (Å²) in [6.07, 6.45) is 9.26. The van der Waals surface area contributed by atoms with E-state index < -0.39 is 0 Å². The van der Waals surface area contributed by atoms with Crippen molar-refractivity contribution in [1.82, 2.24) is 24.9 Å². The van der Waals surface area contributed by atoms with Crippen LogP contribution in [-0.2, 0) is 6.54 Å². The molecule has 0 amide bonds. The molecule has 4 aromatic rings. The van der Waals surface area contributed by atoms with Crippen LogP contribution < -0.4 is 5.32 Å². The Bertz CT molecular complexity index is 999. The van der Waals surface area contributed by atoms with Gasteiger partial charge in [0.05, 0.1) is 5.69 Å². The van der Waals surface area contributed by atoms with E-state index in [1.807, 2.05) is 49.0 Å². The second-order valence-electron chi connectivity index (χ2n) is 5.44. The second-order valence-corrected chi connectivity index (χ2v) is 6.21. The Labute approximate surface area is 149 Å². The van der Waals surface area contributed by atoms with Crippen molar-refractivity contribution in [3.8, 4) is 11.3 Å². The average molecular weight is 348 g/mol. The summed E-state index contributed by atoms with van der Waals surface area (Å²) in [5.41, 5.74) is 3.84. The molecule has 25 heavy (non-hydrogen) atoms. The standard InChI is InChI=1S/C18H16N6S/c1-25-18-21-8-5-15(23-18)14-9-16(24-17-13(14)4-7-20-17)22-11-12-3-2-6-19-10-12/h2-10H,11H2,1H3,(H2,20,22,24). The van der Waals surface area contributed by atoms with Crippen LogP contribution in [0, 0.1) is 0 Å². The van der Waals surface area contributed by atoms with Gasteiger partial charge in [0, 0.05) is 42.3 Å². The molecule has 0 aliphatic rings. The van der Waals surface area contributed by atoms with Gasteiger partial charge < -0.3 is 10.3 Å². The first-order valence-electron chi connectivity index (χ1n) is 7.82. The zero-order chi connectivity index (χ0) is 17.1. The van der Waals surface area contributed by atoms with Crippen molar-refractivity contribution in [2.24, 2.45) is 0 Å². The van der Waals surface area contributed by atoms with Crippen LogP contribution in [0.5, 0.6) is 0 Å². The maximum atomic E-state index is 4.64. The smallest absolute Gasteiger partial charge is 0.187 e. The molecule has 0 bridgehead atoms. The fourth-order valence-electron chi connectivity index (χ4n) is 2.62. The number of aromatic nitrogens is 5. The zero-order valence-corrected chi connectivity index (χ0v) is 14.4. The highest BCUT2D eigenvalue weighted by Gasteiger charge is 2.11. The molecule has 4 aromatic heterocycles. The molecule has 6 nitrogen and oxygen atoms in total. The average Bonchev–Trinajstić information content (AvgIpc) is 3.15. The van der Waals surface area contributed by atoms with Gasteiger partial charge in [0.1, 0.15) is 11.5 Å². The van der Waals surface area contributed by atoms with Crippen LogP contribution in [0.25, 0.3) is 22.3 Å². The predicted octanol–water partition coefficient (Wildman–Crippen LogP) is 3.75. The molecule has 0 radical (unpaired) electrons. The molecule has 4 rings (SSSR count). The Morgan fingerprint density at radius 3 is 2.96 bits per heavy atom. The van der Waals surface area contributed by atoms with Gasteiger partial charge in [-0.05, 0) is 36.1 Å². The normalized spacial score (nSPS) is 10.9. The highest BCUT2D eigenvalue weighted by molar-refractivity contribution is 7.98. The van der Waals surface area contributed by atoms with Gasteiger partial charge in [0.25, 0.3) is 0 Å². The maximum Gasteiger partial charge on any atom is 0.187 e. The molecule has 124 valence electrons. The van der Waals surface area contributed by atoms with E-state index in [9.17, 15) is 0 Å². The number of H-pyrrole nitrogens is 1. The molecule has 0 aliphatic heterocycles. The maximum absolute atomic E-state index is 4.64. The van der Waals surface area contributed by atoms with Crippen LogP contribution in [-0.4, -0.2) is 31.2 Å². The van der Waals surface area contributed by atoms with Gasteiger partial charge in [-0.3, -0.25) is 4.98 Å². The van der Waals surface area contributed by atoms with Gasteiger partial charge in [-0.2, -0.15) is 0 Å². The SMILES string of the molecule is CSc1nccc(-c2cc(NCc3cccnc3)nc3[nH]ccc23)n1. The lowest BCUT2D eigenvalue weighted by Crippen LogP contribution is -2.02. The summed E-state index contributed by atoms with van der Waals surface area (Å²) in [6.45, 7) is 0.659. The van der Waals surface area contributed by atoms with Crippen LogP contribution in [0.2, 0.25) is 0 Å². The number of hydrogen-bond acceptors (Lipinski definition) is 6. The van der Waals surface area contributed by atoms with Gasteiger partial charge in [-0.15, -0.1) is 0 Å². The van der Waals surface area contributed by atoms with Crippen molar-refractivity contribution in [2.45, 2.75) is 11.7 Å². The Hall–Kier alpha value is -2.93. The monoisotopic (exact) mass is 348 g/mol. The number of fused-ring (bicyclic) bond motifs is 1. The summed E-state index contributed by atoms with van der Waals surface area (Å²) in [5, 5.41) is 5.15. The fourth-order valence-corrected chi connectivity index (χ4v) is 2.98. The number of rotatable bonds is 5. The molecule has 7 heteroatoms. The van der Waals surface area contributed by atoms with E-state index in [0.29, 0.717) is 6.54 Å². The minimum absolute atomic E-state index is 0.659. The Morgan fingerprint density at radius 1 is 1.16 bits per heavy atom. The lowest BCUT2D eigenvalue weighted by molar-refractivity contribution is 0.977. The second kappa shape index (κ2) is 6.90. The summed E-state index contributed by atoms with van der Waals surface area (Å²) in [7, 11) is 0. The zero-order valence-electron chi connectivity index (χ0n) is 13.6. The van der Waals surface area contributed by atoms with E-state index in [2.05, 4.69) is 30.2 Å². The van der Waals surface area contributed by atoms with Crippen LogP contribution in [0.4, 0.5) is 5.82 Å².